The van der Waals surface area contributed by atoms with Crippen LogP contribution in [0, 0.1) is 5.41 Å². The van der Waals surface area contributed by atoms with Gasteiger partial charge in [0.2, 0.25) is 17.7 Å². The molecule has 0 saturated carbocycles. The summed E-state index contributed by atoms with van der Waals surface area (Å²) in [4.78, 5) is 59.7. The summed E-state index contributed by atoms with van der Waals surface area (Å²) >= 11 is 3.81. The number of amides is 3. The van der Waals surface area contributed by atoms with Crippen LogP contribution in [0.1, 0.15) is 38.8 Å². The van der Waals surface area contributed by atoms with Gasteiger partial charge in [-0.05, 0) is 35.9 Å². The van der Waals surface area contributed by atoms with Crippen LogP contribution in [0.3, 0.4) is 0 Å². The van der Waals surface area contributed by atoms with Crippen molar-refractivity contribution in [2.24, 2.45) is 5.41 Å². The van der Waals surface area contributed by atoms with Gasteiger partial charge in [0.15, 0.2) is 11.9 Å². The molecule has 2 heterocycles. The summed E-state index contributed by atoms with van der Waals surface area (Å²) in [7, 11) is 1.68. The fourth-order valence-corrected chi connectivity index (χ4v) is 7.23. The first-order chi connectivity index (χ1) is 21.4. The molecule has 2 saturated heterocycles. The number of nitrogens with zero attached hydrogens (tertiary/aromatic N) is 3. The molecule has 2 aliphatic heterocycles. The molecule has 3 aromatic carbocycles. The maximum atomic E-state index is 14.4. The molecule has 45 heavy (non-hydrogen) atoms. The van der Waals surface area contributed by atoms with Crippen molar-refractivity contribution in [2.45, 2.75) is 69.4 Å². The SMILES string of the molecule is CN[C@@H](C)C(=O)N[C@@](C=O)(N1CC(=O)N2[C@@H](Cc3ccc4ccccc4c3)C(=O)N(C(Br)Cc3ccccc3)C[C@@H]21)C(C)(C)C. The quantitative estimate of drug-likeness (QED) is 0.193. The predicted molar refractivity (Wildman–Crippen MR) is 178 cm³/mol. The highest BCUT2D eigenvalue weighted by Gasteiger charge is 2.60. The first-order valence-electron chi connectivity index (χ1n) is 15.4. The zero-order valence-electron chi connectivity index (χ0n) is 26.5. The van der Waals surface area contributed by atoms with E-state index in [4.69, 9.17) is 0 Å². The highest BCUT2D eigenvalue weighted by molar-refractivity contribution is 9.09. The van der Waals surface area contributed by atoms with Gasteiger partial charge in [-0.3, -0.25) is 19.2 Å². The van der Waals surface area contributed by atoms with Gasteiger partial charge in [-0.2, -0.15) is 0 Å². The van der Waals surface area contributed by atoms with E-state index in [1.54, 1.807) is 28.7 Å². The summed E-state index contributed by atoms with van der Waals surface area (Å²) in [6.45, 7) is 7.40. The van der Waals surface area contributed by atoms with Crippen molar-refractivity contribution in [3.8, 4) is 0 Å². The summed E-state index contributed by atoms with van der Waals surface area (Å²) in [5.74, 6) is -0.767. The fourth-order valence-electron chi connectivity index (χ4n) is 6.49. The van der Waals surface area contributed by atoms with E-state index in [1.165, 1.54) is 0 Å². The number of alkyl halides is 1. The number of likely N-dealkylation sites (N-methyl/N-ethyl adjacent to an activating group) is 1. The van der Waals surface area contributed by atoms with E-state index in [-0.39, 0.29) is 35.8 Å². The van der Waals surface area contributed by atoms with Crippen LogP contribution in [0.25, 0.3) is 10.8 Å². The van der Waals surface area contributed by atoms with Gasteiger partial charge in [0, 0.05) is 18.3 Å². The predicted octanol–water partition coefficient (Wildman–Crippen LogP) is 3.69. The third kappa shape index (κ3) is 6.28. The Labute approximate surface area is 273 Å². The molecule has 3 aromatic rings. The van der Waals surface area contributed by atoms with E-state index >= 15 is 0 Å². The molecule has 2 fully saturated rings. The number of piperazine rings is 1. The second-order valence-corrected chi connectivity index (χ2v) is 14.1. The largest absolute Gasteiger partial charge is 0.330 e. The molecule has 10 heteroatoms. The minimum atomic E-state index is -1.52. The summed E-state index contributed by atoms with van der Waals surface area (Å²) in [6.07, 6.45) is 0.975. The van der Waals surface area contributed by atoms with E-state index in [0.717, 1.165) is 28.2 Å². The molecule has 2 N–H and O–H groups in total. The van der Waals surface area contributed by atoms with Gasteiger partial charge >= 0.3 is 0 Å². The highest BCUT2D eigenvalue weighted by Crippen LogP contribution is 2.40. The zero-order chi connectivity index (χ0) is 32.5. The number of fused-ring (bicyclic) bond motifs is 2. The van der Waals surface area contributed by atoms with Gasteiger partial charge in [0.1, 0.15) is 12.2 Å². The molecule has 0 bridgehead atoms. The van der Waals surface area contributed by atoms with Crippen LogP contribution in [-0.4, -0.2) is 87.7 Å². The third-order valence-corrected chi connectivity index (χ3v) is 10.1. The van der Waals surface area contributed by atoms with Crippen LogP contribution in [0.15, 0.2) is 72.8 Å². The fraction of sp³-hybridized carbons (Fsp3) is 0.429. The number of hydrogen-bond acceptors (Lipinski definition) is 6. The van der Waals surface area contributed by atoms with Gasteiger partial charge in [-0.15, -0.1) is 0 Å². The van der Waals surface area contributed by atoms with Crippen LogP contribution in [0.2, 0.25) is 0 Å². The number of benzene rings is 3. The van der Waals surface area contributed by atoms with Crippen LogP contribution in [0.5, 0.6) is 0 Å². The molecule has 1 unspecified atom stereocenters. The first-order valence-corrected chi connectivity index (χ1v) is 16.3. The summed E-state index contributed by atoms with van der Waals surface area (Å²) in [6, 6.07) is 22.7. The van der Waals surface area contributed by atoms with Crippen molar-refractivity contribution in [3.63, 3.8) is 0 Å². The topological polar surface area (TPSA) is 102 Å². The normalized spacial score (nSPS) is 21.7. The number of aldehydes is 1. The Kier molecular flexibility index (Phi) is 9.49. The van der Waals surface area contributed by atoms with Gasteiger partial charge in [0.25, 0.3) is 0 Å². The van der Waals surface area contributed by atoms with Crippen LogP contribution < -0.4 is 10.6 Å². The molecule has 0 radical (unpaired) electrons. The van der Waals surface area contributed by atoms with Crippen molar-refractivity contribution >= 4 is 50.7 Å². The van der Waals surface area contributed by atoms with Crippen molar-refractivity contribution in [2.75, 3.05) is 20.1 Å². The number of carbonyl (C=O) groups is 4. The van der Waals surface area contributed by atoms with E-state index < -0.39 is 29.3 Å². The monoisotopic (exact) mass is 675 g/mol. The molecule has 5 rings (SSSR count). The Morgan fingerprint density at radius 1 is 1.00 bits per heavy atom. The van der Waals surface area contributed by atoms with E-state index in [0.29, 0.717) is 12.8 Å². The van der Waals surface area contributed by atoms with Gasteiger partial charge in [-0.25, -0.2) is 4.90 Å². The summed E-state index contributed by atoms with van der Waals surface area (Å²) in [5.41, 5.74) is -0.330. The van der Waals surface area contributed by atoms with E-state index in [1.807, 2.05) is 87.5 Å². The average molecular weight is 677 g/mol. The van der Waals surface area contributed by atoms with Crippen molar-refractivity contribution in [3.05, 3.63) is 83.9 Å². The molecule has 5 atom stereocenters. The molecule has 0 spiro atoms. The average Bonchev–Trinajstić information content (AvgIpc) is 3.36. The lowest BCUT2D eigenvalue weighted by Gasteiger charge is -2.53. The van der Waals surface area contributed by atoms with E-state index in [2.05, 4.69) is 32.6 Å². The molecule has 3 amide bonds. The minimum absolute atomic E-state index is 0.115. The molecule has 238 valence electrons. The molecule has 2 aliphatic rings. The lowest BCUT2D eigenvalue weighted by molar-refractivity contribution is -0.161. The van der Waals surface area contributed by atoms with Gasteiger partial charge < -0.3 is 20.4 Å². The smallest absolute Gasteiger partial charge is 0.246 e. The number of rotatable bonds is 10. The summed E-state index contributed by atoms with van der Waals surface area (Å²) < 4.78 is 0. The maximum Gasteiger partial charge on any atom is 0.246 e. The number of halogens is 1. The Hall–Kier alpha value is -3.60. The first kappa shape index (κ1) is 32.8. The standard InChI is InChI=1S/C35H42BrN5O4/c1-23(37-5)32(44)38-35(22-42,34(2,3)4)40-21-31(43)41-28(18-25-15-16-26-13-9-10-14-27(26)17-25)33(45)39(20-30(40)41)29(36)19-24-11-7-6-8-12-24/h6-17,22-23,28-30,37H,18-21H2,1-5H3,(H,38,44)/t23-,28-,29?,30+,35-/m0/s1. The Balaban J connectivity index is 1.57. The molecular formula is C35H42BrN5O4. The Morgan fingerprint density at radius 3 is 2.31 bits per heavy atom. The third-order valence-electron chi connectivity index (χ3n) is 9.27. The van der Waals surface area contributed by atoms with E-state index in [9.17, 15) is 19.2 Å². The molecule has 0 aromatic heterocycles. The Morgan fingerprint density at radius 2 is 1.67 bits per heavy atom. The van der Waals surface area contributed by atoms with Crippen molar-refractivity contribution < 1.29 is 19.2 Å². The van der Waals surface area contributed by atoms with Crippen molar-refractivity contribution in [1.29, 1.82) is 0 Å². The second-order valence-electron chi connectivity index (χ2n) is 13.1. The number of hydrogen-bond donors (Lipinski definition) is 2. The number of carbonyl (C=O) groups excluding carboxylic acids is 4. The maximum absolute atomic E-state index is 14.4. The van der Waals surface area contributed by atoms with Crippen molar-refractivity contribution in [1.82, 2.24) is 25.3 Å². The molecule has 9 nitrogen and oxygen atoms in total. The van der Waals surface area contributed by atoms with Gasteiger partial charge in [-0.1, -0.05) is 109 Å². The Bertz CT molecular complexity index is 1580. The van der Waals surface area contributed by atoms with Crippen LogP contribution in [-0.2, 0) is 32.0 Å². The van der Waals surface area contributed by atoms with Crippen LogP contribution in [0.4, 0.5) is 0 Å². The molecule has 0 aliphatic carbocycles. The second kappa shape index (κ2) is 13.0. The van der Waals surface area contributed by atoms with Gasteiger partial charge in [0.05, 0.1) is 24.1 Å². The van der Waals surface area contributed by atoms with Crippen LogP contribution >= 0.6 is 15.9 Å². The minimum Gasteiger partial charge on any atom is -0.330 e. The molecular weight excluding hydrogens is 634 g/mol. The zero-order valence-corrected chi connectivity index (χ0v) is 28.1. The lowest BCUT2D eigenvalue weighted by Crippen LogP contribution is -2.74. The summed E-state index contributed by atoms with van der Waals surface area (Å²) in [5, 5.41) is 8.09. The lowest BCUT2D eigenvalue weighted by atomic mass is 9.79. The number of nitrogens with one attached hydrogen (secondary N) is 2. The highest BCUT2D eigenvalue weighted by atomic mass is 79.9.